The largest absolute Gasteiger partial charge is 0.497 e. The van der Waals surface area contributed by atoms with E-state index in [1.807, 2.05) is 17.8 Å². The highest BCUT2D eigenvalue weighted by molar-refractivity contribution is 7.99. The van der Waals surface area contributed by atoms with Gasteiger partial charge in [0.05, 0.1) is 7.11 Å². The van der Waals surface area contributed by atoms with Gasteiger partial charge in [-0.05, 0) is 36.6 Å². The summed E-state index contributed by atoms with van der Waals surface area (Å²) in [7, 11) is 1.71. The molecule has 0 radical (unpaired) electrons. The Labute approximate surface area is 88.8 Å². The summed E-state index contributed by atoms with van der Waals surface area (Å²) < 4.78 is 5.20. The maximum Gasteiger partial charge on any atom is 0.119 e. The van der Waals surface area contributed by atoms with E-state index < -0.39 is 0 Å². The van der Waals surface area contributed by atoms with Crippen molar-refractivity contribution >= 4 is 11.8 Å². The average molecular weight is 209 g/mol. The first kappa shape index (κ1) is 9.87. The van der Waals surface area contributed by atoms with E-state index in [9.17, 15) is 0 Å². The van der Waals surface area contributed by atoms with Crippen LogP contribution in [0.2, 0.25) is 0 Å². The van der Waals surface area contributed by atoms with Crippen LogP contribution < -0.4 is 10.5 Å². The molecule has 0 aliphatic carbocycles. The van der Waals surface area contributed by atoms with Gasteiger partial charge in [-0.3, -0.25) is 0 Å². The zero-order valence-electron chi connectivity index (χ0n) is 8.32. The van der Waals surface area contributed by atoms with Crippen molar-refractivity contribution in [3.8, 4) is 5.75 Å². The van der Waals surface area contributed by atoms with E-state index in [1.54, 1.807) is 7.11 Å². The van der Waals surface area contributed by atoms with Crippen LogP contribution in [0.4, 0.5) is 0 Å². The minimum Gasteiger partial charge on any atom is -0.497 e. The second kappa shape index (κ2) is 4.24. The van der Waals surface area contributed by atoms with Crippen LogP contribution in [-0.4, -0.2) is 19.4 Å². The van der Waals surface area contributed by atoms with Gasteiger partial charge in [0.1, 0.15) is 5.75 Å². The first-order chi connectivity index (χ1) is 6.85. The number of benzene rings is 1. The van der Waals surface area contributed by atoms with Gasteiger partial charge in [0.2, 0.25) is 0 Å². The zero-order chi connectivity index (χ0) is 9.97. The number of thioether (sulfide) groups is 1. The van der Waals surface area contributed by atoms with Crippen LogP contribution >= 0.6 is 11.8 Å². The quantitative estimate of drug-likeness (QED) is 0.829. The second-order valence-corrected chi connectivity index (χ2v) is 4.55. The highest BCUT2D eigenvalue weighted by atomic mass is 32.2. The number of ether oxygens (including phenoxy) is 1. The van der Waals surface area contributed by atoms with Gasteiger partial charge in [0.15, 0.2) is 0 Å². The maximum absolute atomic E-state index is 5.59. The lowest BCUT2D eigenvalue weighted by Crippen LogP contribution is -2.06. The first-order valence-electron chi connectivity index (χ1n) is 4.86. The highest BCUT2D eigenvalue weighted by Crippen LogP contribution is 2.42. The molecule has 2 rings (SSSR count). The Morgan fingerprint density at radius 3 is 3.14 bits per heavy atom. The summed E-state index contributed by atoms with van der Waals surface area (Å²) in [5, 5.41) is 0. The Bertz CT molecular complexity index is 327. The Morgan fingerprint density at radius 1 is 1.57 bits per heavy atom. The van der Waals surface area contributed by atoms with Gasteiger partial charge >= 0.3 is 0 Å². The molecular formula is C11H15NOS. The third-order valence-corrected chi connectivity index (χ3v) is 3.85. The molecule has 2 nitrogen and oxygen atoms in total. The lowest BCUT2D eigenvalue weighted by atomic mass is 9.98. The van der Waals surface area contributed by atoms with Crippen LogP contribution in [0.5, 0.6) is 5.75 Å². The summed E-state index contributed by atoms with van der Waals surface area (Å²) in [6, 6.07) is 6.33. The minimum absolute atomic E-state index is 0.644. The van der Waals surface area contributed by atoms with Crippen molar-refractivity contribution < 1.29 is 4.74 Å². The van der Waals surface area contributed by atoms with Crippen LogP contribution in [0.25, 0.3) is 0 Å². The number of nitrogens with two attached hydrogens (primary N) is 1. The number of methoxy groups -OCH3 is 1. The van der Waals surface area contributed by atoms with Gasteiger partial charge < -0.3 is 10.5 Å². The maximum atomic E-state index is 5.59. The smallest absolute Gasteiger partial charge is 0.119 e. The van der Waals surface area contributed by atoms with E-state index in [-0.39, 0.29) is 0 Å². The topological polar surface area (TPSA) is 35.2 Å². The minimum atomic E-state index is 0.644. The van der Waals surface area contributed by atoms with Gasteiger partial charge in [-0.2, -0.15) is 0 Å². The van der Waals surface area contributed by atoms with Crippen molar-refractivity contribution in [2.75, 3.05) is 19.4 Å². The molecule has 0 bridgehead atoms. The third-order valence-electron chi connectivity index (χ3n) is 2.62. The molecule has 0 aromatic heterocycles. The predicted octanol–water partition coefficient (Wildman–Crippen LogP) is 2.23. The Balaban J connectivity index is 2.24. The molecule has 1 heterocycles. The van der Waals surface area contributed by atoms with Crippen LogP contribution in [0.15, 0.2) is 23.1 Å². The molecule has 1 unspecified atom stereocenters. The SMILES string of the molecule is COc1ccc2c(c1)SCC2CCN. The number of hydrogen-bond donors (Lipinski definition) is 1. The lowest BCUT2D eigenvalue weighted by Gasteiger charge is -2.09. The monoisotopic (exact) mass is 209 g/mol. The Morgan fingerprint density at radius 2 is 2.43 bits per heavy atom. The molecule has 0 saturated heterocycles. The van der Waals surface area contributed by atoms with Crippen molar-refractivity contribution in [1.82, 2.24) is 0 Å². The molecule has 14 heavy (non-hydrogen) atoms. The van der Waals surface area contributed by atoms with Gasteiger partial charge in [-0.15, -0.1) is 11.8 Å². The summed E-state index contributed by atoms with van der Waals surface area (Å²) >= 11 is 1.91. The van der Waals surface area contributed by atoms with Crippen LogP contribution in [-0.2, 0) is 0 Å². The van der Waals surface area contributed by atoms with Gasteiger partial charge in [-0.1, -0.05) is 6.07 Å². The molecule has 0 spiro atoms. The van der Waals surface area contributed by atoms with Gasteiger partial charge in [-0.25, -0.2) is 0 Å². The molecule has 1 aliphatic heterocycles. The van der Waals surface area contributed by atoms with Crippen LogP contribution in [0.3, 0.4) is 0 Å². The van der Waals surface area contributed by atoms with E-state index in [0.717, 1.165) is 18.7 Å². The van der Waals surface area contributed by atoms with E-state index in [1.165, 1.54) is 16.2 Å². The van der Waals surface area contributed by atoms with E-state index in [4.69, 9.17) is 10.5 Å². The molecule has 1 aromatic rings. The predicted molar refractivity (Wildman–Crippen MR) is 60.1 cm³/mol. The molecule has 0 fully saturated rings. The summed E-state index contributed by atoms with van der Waals surface area (Å²) in [6.07, 6.45) is 1.09. The van der Waals surface area contributed by atoms with Crippen LogP contribution in [0, 0.1) is 0 Å². The fourth-order valence-corrected chi connectivity index (χ4v) is 3.15. The molecule has 1 aliphatic rings. The fourth-order valence-electron chi connectivity index (χ4n) is 1.82. The third kappa shape index (κ3) is 1.74. The van der Waals surface area contributed by atoms with Crippen molar-refractivity contribution in [2.24, 2.45) is 5.73 Å². The Kier molecular flexibility index (Phi) is 2.99. The van der Waals surface area contributed by atoms with E-state index >= 15 is 0 Å². The molecule has 1 atom stereocenters. The summed E-state index contributed by atoms with van der Waals surface area (Å²) in [6.45, 7) is 0.774. The van der Waals surface area contributed by atoms with Gasteiger partial charge in [0.25, 0.3) is 0 Å². The molecular weight excluding hydrogens is 194 g/mol. The molecule has 1 aromatic carbocycles. The standard InChI is InChI=1S/C11H15NOS/c1-13-9-2-3-10-8(4-5-12)7-14-11(10)6-9/h2-3,6,8H,4-5,7,12H2,1H3. The van der Waals surface area contributed by atoms with Crippen LogP contribution in [0.1, 0.15) is 17.9 Å². The number of rotatable bonds is 3. The van der Waals surface area contributed by atoms with Crippen molar-refractivity contribution in [3.63, 3.8) is 0 Å². The molecule has 0 saturated carbocycles. The van der Waals surface area contributed by atoms with Crippen molar-refractivity contribution in [1.29, 1.82) is 0 Å². The van der Waals surface area contributed by atoms with E-state index in [2.05, 4.69) is 12.1 Å². The number of fused-ring (bicyclic) bond motifs is 1. The lowest BCUT2D eigenvalue weighted by molar-refractivity contribution is 0.413. The Hall–Kier alpha value is -0.670. The van der Waals surface area contributed by atoms with E-state index in [0.29, 0.717) is 5.92 Å². The summed E-state index contributed by atoms with van der Waals surface area (Å²) in [4.78, 5) is 1.36. The molecule has 2 N–H and O–H groups in total. The zero-order valence-corrected chi connectivity index (χ0v) is 9.14. The summed E-state index contributed by atoms with van der Waals surface area (Å²) in [5.74, 6) is 2.76. The fraction of sp³-hybridized carbons (Fsp3) is 0.455. The average Bonchev–Trinajstić information content (AvgIpc) is 2.61. The molecule has 0 amide bonds. The number of hydrogen-bond acceptors (Lipinski definition) is 3. The normalized spacial score (nSPS) is 19.4. The second-order valence-electron chi connectivity index (χ2n) is 3.49. The molecule has 3 heteroatoms. The van der Waals surface area contributed by atoms with Crippen molar-refractivity contribution in [3.05, 3.63) is 23.8 Å². The first-order valence-corrected chi connectivity index (χ1v) is 5.84. The van der Waals surface area contributed by atoms with Crippen molar-refractivity contribution in [2.45, 2.75) is 17.2 Å². The summed E-state index contributed by atoms with van der Waals surface area (Å²) in [5.41, 5.74) is 7.03. The van der Waals surface area contributed by atoms with Gasteiger partial charge in [0, 0.05) is 10.6 Å². The highest BCUT2D eigenvalue weighted by Gasteiger charge is 2.22. The molecule has 76 valence electrons.